The first kappa shape index (κ1) is 15.7. The lowest BCUT2D eigenvalue weighted by atomic mass is 9.97. The summed E-state index contributed by atoms with van der Waals surface area (Å²) in [5, 5.41) is 0. The molecule has 3 nitrogen and oxygen atoms in total. The van der Waals surface area contributed by atoms with Crippen molar-refractivity contribution in [1.29, 1.82) is 0 Å². The molecule has 0 aliphatic carbocycles. The Morgan fingerprint density at radius 2 is 1.68 bits per heavy atom. The van der Waals surface area contributed by atoms with E-state index in [1.54, 1.807) is 7.11 Å². The highest BCUT2D eigenvalue weighted by molar-refractivity contribution is 5.99. The number of aryl methyl sites for hydroxylation is 2. The molecule has 0 heterocycles. The normalized spacial score (nSPS) is 10.8. The highest BCUT2D eigenvalue weighted by atomic mass is 16.5. The number of rotatable bonds is 7. The Morgan fingerprint density at radius 1 is 1.16 bits per heavy atom. The number of hydrogen-bond donors (Lipinski definition) is 0. The van der Waals surface area contributed by atoms with E-state index >= 15 is 0 Å². The Morgan fingerprint density at radius 3 is 2.11 bits per heavy atom. The standard InChI is InChI=1S/C16H25NO2/c1-6-17(7-2)9-8-15(18)16-12(3)10-14(19-5)11-13(16)4/h10-11H,6-9H2,1-5H3. The zero-order valence-corrected chi connectivity index (χ0v) is 12.7. The summed E-state index contributed by atoms with van der Waals surface area (Å²) in [5.74, 6) is 1.04. The zero-order valence-electron chi connectivity index (χ0n) is 12.7. The number of carbonyl (C=O) groups excluding carboxylic acids is 1. The van der Waals surface area contributed by atoms with Crippen molar-refractivity contribution < 1.29 is 9.53 Å². The predicted octanol–water partition coefficient (Wildman–Crippen LogP) is 3.23. The van der Waals surface area contributed by atoms with Crippen molar-refractivity contribution in [2.45, 2.75) is 34.1 Å². The molecule has 0 fully saturated rings. The van der Waals surface area contributed by atoms with Crippen LogP contribution in [0.1, 0.15) is 41.8 Å². The molecule has 0 radical (unpaired) electrons. The molecular weight excluding hydrogens is 238 g/mol. The fourth-order valence-corrected chi connectivity index (χ4v) is 2.41. The van der Waals surface area contributed by atoms with E-state index in [1.165, 1.54) is 0 Å². The maximum absolute atomic E-state index is 12.4. The van der Waals surface area contributed by atoms with Crippen LogP contribution in [0.4, 0.5) is 0 Å². The van der Waals surface area contributed by atoms with Gasteiger partial charge in [0.05, 0.1) is 7.11 Å². The molecule has 106 valence electrons. The third-order valence-corrected chi connectivity index (χ3v) is 3.57. The smallest absolute Gasteiger partial charge is 0.164 e. The summed E-state index contributed by atoms with van der Waals surface area (Å²) in [6.07, 6.45) is 0.579. The monoisotopic (exact) mass is 263 g/mol. The first-order valence-corrected chi connectivity index (χ1v) is 6.94. The van der Waals surface area contributed by atoms with Gasteiger partial charge in [-0.05, 0) is 50.2 Å². The number of nitrogens with zero attached hydrogens (tertiary/aromatic N) is 1. The first-order chi connectivity index (χ1) is 9.03. The van der Waals surface area contributed by atoms with Crippen LogP contribution in [0.3, 0.4) is 0 Å². The molecule has 3 heteroatoms. The van der Waals surface area contributed by atoms with Gasteiger partial charge >= 0.3 is 0 Å². The number of carbonyl (C=O) groups is 1. The molecule has 0 saturated carbocycles. The van der Waals surface area contributed by atoms with Crippen LogP contribution in [-0.2, 0) is 0 Å². The number of methoxy groups -OCH3 is 1. The van der Waals surface area contributed by atoms with Crippen LogP contribution in [0, 0.1) is 13.8 Å². The lowest BCUT2D eigenvalue weighted by molar-refractivity contribution is 0.0965. The fraction of sp³-hybridized carbons (Fsp3) is 0.562. The predicted molar refractivity (Wildman–Crippen MR) is 79.2 cm³/mol. The fourth-order valence-electron chi connectivity index (χ4n) is 2.41. The molecule has 0 bridgehead atoms. The number of Topliss-reactive ketones (excluding diaryl/α,β-unsaturated/α-hetero) is 1. The van der Waals surface area contributed by atoms with Crippen LogP contribution in [0.5, 0.6) is 5.75 Å². The van der Waals surface area contributed by atoms with Gasteiger partial charge in [-0.25, -0.2) is 0 Å². The SMILES string of the molecule is CCN(CC)CCC(=O)c1c(C)cc(OC)cc1C. The van der Waals surface area contributed by atoms with Gasteiger partial charge in [-0.2, -0.15) is 0 Å². The van der Waals surface area contributed by atoms with E-state index in [1.807, 2.05) is 26.0 Å². The van der Waals surface area contributed by atoms with Crippen molar-refractivity contribution >= 4 is 5.78 Å². The molecule has 0 unspecified atom stereocenters. The van der Waals surface area contributed by atoms with Crippen LogP contribution < -0.4 is 4.74 Å². The topological polar surface area (TPSA) is 29.5 Å². The van der Waals surface area contributed by atoms with Gasteiger partial charge in [-0.15, -0.1) is 0 Å². The zero-order chi connectivity index (χ0) is 14.4. The second-order valence-corrected chi connectivity index (χ2v) is 4.84. The average molecular weight is 263 g/mol. The molecule has 0 atom stereocenters. The average Bonchev–Trinajstić information content (AvgIpc) is 2.38. The lowest BCUT2D eigenvalue weighted by Crippen LogP contribution is -2.26. The van der Waals surface area contributed by atoms with Crippen molar-refractivity contribution in [2.75, 3.05) is 26.7 Å². The van der Waals surface area contributed by atoms with Crippen LogP contribution in [0.2, 0.25) is 0 Å². The largest absolute Gasteiger partial charge is 0.497 e. The van der Waals surface area contributed by atoms with Gasteiger partial charge < -0.3 is 9.64 Å². The highest BCUT2D eigenvalue weighted by Crippen LogP contribution is 2.22. The highest BCUT2D eigenvalue weighted by Gasteiger charge is 2.14. The van der Waals surface area contributed by atoms with E-state index in [0.29, 0.717) is 6.42 Å². The lowest BCUT2D eigenvalue weighted by Gasteiger charge is -2.18. The molecule has 0 saturated heterocycles. The summed E-state index contributed by atoms with van der Waals surface area (Å²) in [7, 11) is 1.65. The second kappa shape index (κ2) is 7.29. The van der Waals surface area contributed by atoms with Crippen LogP contribution in [-0.4, -0.2) is 37.4 Å². The van der Waals surface area contributed by atoms with Crippen molar-refractivity contribution in [3.8, 4) is 5.75 Å². The number of hydrogen-bond acceptors (Lipinski definition) is 3. The van der Waals surface area contributed by atoms with E-state index in [0.717, 1.165) is 42.1 Å². The van der Waals surface area contributed by atoms with E-state index in [-0.39, 0.29) is 5.78 Å². The van der Waals surface area contributed by atoms with Crippen molar-refractivity contribution in [2.24, 2.45) is 0 Å². The van der Waals surface area contributed by atoms with Gasteiger partial charge in [0, 0.05) is 18.5 Å². The molecule has 0 N–H and O–H groups in total. The van der Waals surface area contributed by atoms with Gasteiger partial charge in [0.25, 0.3) is 0 Å². The van der Waals surface area contributed by atoms with E-state index in [4.69, 9.17) is 4.74 Å². The molecule has 0 aromatic heterocycles. The Labute approximate surface area is 116 Å². The summed E-state index contributed by atoms with van der Waals surface area (Å²) in [6, 6.07) is 3.86. The molecule has 1 rings (SSSR count). The van der Waals surface area contributed by atoms with Crippen LogP contribution >= 0.6 is 0 Å². The van der Waals surface area contributed by atoms with Gasteiger partial charge in [-0.3, -0.25) is 4.79 Å². The van der Waals surface area contributed by atoms with E-state index < -0.39 is 0 Å². The first-order valence-electron chi connectivity index (χ1n) is 6.94. The molecule has 1 aromatic carbocycles. The molecule has 0 aliphatic rings. The molecule has 1 aromatic rings. The molecule has 0 amide bonds. The summed E-state index contributed by atoms with van der Waals surface area (Å²) in [5.41, 5.74) is 2.86. The summed E-state index contributed by atoms with van der Waals surface area (Å²) in [4.78, 5) is 14.6. The molecule has 0 aliphatic heterocycles. The number of ketones is 1. The van der Waals surface area contributed by atoms with Crippen LogP contribution in [0.15, 0.2) is 12.1 Å². The Hall–Kier alpha value is -1.35. The van der Waals surface area contributed by atoms with E-state index in [2.05, 4.69) is 18.7 Å². The number of ether oxygens (including phenoxy) is 1. The van der Waals surface area contributed by atoms with Crippen LogP contribution in [0.25, 0.3) is 0 Å². The molecular formula is C16H25NO2. The second-order valence-electron chi connectivity index (χ2n) is 4.84. The van der Waals surface area contributed by atoms with Gasteiger partial charge in [0.15, 0.2) is 5.78 Å². The van der Waals surface area contributed by atoms with Gasteiger partial charge in [0.2, 0.25) is 0 Å². The summed E-state index contributed by atoms with van der Waals surface area (Å²) in [6.45, 7) is 11.0. The third-order valence-electron chi connectivity index (χ3n) is 3.57. The van der Waals surface area contributed by atoms with Crippen molar-refractivity contribution in [3.63, 3.8) is 0 Å². The Bertz CT molecular complexity index is 413. The molecule has 19 heavy (non-hydrogen) atoms. The van der Waals surface area contributed by atoms with E-state index in [9.17, 15) is 4.79 Å². The van der Waals surface area contributed by atoms with Crippen molar-refractivity contribution in [3.05, 3.63) is 28.8 Å². The van der Waals surface area contributed by atoms with Gasteiger partial charge in [0.1, 0.15) is 5.75 Å². The maximum Gasteiger partial charge on any atom is 0.164 e. The van der Waals surface area contributed by atoms with Gasteiger partial charge in [-0.1, -0.05) is 13.8 Å². The summed E-state index contributed by atoms with van der Waals surface area (Å²) < 4.78 is 5.22. The minimum atomic E-state index is 0.226. The minimum Gasteiger partial charge on any atom is -0.497 e. The number of benzene rings is 1. The Balaban J connectivity index is 2.82. The summed E-state index contributed by atoms with van der Waals surface area (Å²) >= 11 is 0. The minimum absolute atomic E-state index is 0.226. The quantitative estimate of drug-likeness (QED) is 0.707. The molecule has 0 spiro atoms. The van der Waals surface area contributed by atoms with Crippen molar-refractivity contribution in [1.82, 2.24) is 4.90 Å². The maximum atomic E-state index is 12.4. The Kier molecular flexibility index (Phi) is 6.03. The third kappa shape index (κ3) is 4.06.